The number of aromatic nitrogens is 4. The molecule has 0 aliphatic heterocycles. The van der Waals surface area contributed by atoms with E-state index in [1.165, 1.54) is 0 Å². The van der Waals surface area contributed by atoms with Gasteiger partial charge in [0.1, 0.15) is 0 Å². The summed E-state index contributed by atoms with van der Waals surface area (Å²) >= 11 is 1.56. The Morgan fingerprint density at radius 3 is 3.06 bits per heavy atom. The molecule has 0 aliphatic carbocycles. The molecule has 0 aromatic carbocycles. The first-order valence-corrected chi connectivity index (χ1v) is 7.15. The molecule has 0 fully saturated rings. The van der Waals surface area contributed by atoms with Crippen molar-refractivity contribution < 1.29 is 9.84 Å². The van der Waals surface area contributed by atoms with E-state index >= 15 is 0 Å². The van der Waals surface area contributed by atoms with Gasteiger partial charge in [0.15, 0.2) is 0 Å². The summed E-state index contributed by atoms with van der Waals surface area (Å²) in [5.41, 5.74) is 0. The van der Waals surface area contributed by atoms with Gasteiger partial charge in [-0.1, -0.05) is 18.7 Å². The standard InChI is InChI=1S/C10H21N5O2S/c1-2-3-11-4-5-15-10(12-13-14-15)18-9-8-17-7-6-16/h11,16H,2-9H2,1H3. The van der Waals surface area contributed by atoms with Gasteiger partial charge in [-0.3, -0.25) is 0 Å². The average Bonchev–Trinajstić information content (AvgIpc) is 2.82. The van der Waals surface area contributed by atoms with Gasteiger partial charge in [-0.05, 0) is 23.4 Å². The molecular weight excluding hydrogens is 254 g/mol. The van der Waals surface area contributed by atoms with Crippen molar-refractivity contribution in [1.29, 1.82) is 0 Å². The molecule has 0 spiro atoms. The first-order valence-electron chi connectivity index (χ1n) is 6.16. The van der Waals surface area contributed by atoms with Gasteiger partial charge in [0, 0.05) is 12.3 Å². The van der Waals surface area contributed by atoms with Crippen LogP contribution in [0.1, 0.15) is 13.3 Å². The number of hydrogen-bond donors (Lipinski definition) is 2. The molecule has 0 saturated carbocycles. The quantitative estimate of drug-likeness (QED) is 0.426. The van der Waals surface area contributed by atoms with Gasteiger partial charge in [0.2, 0.25) is 5.16 Å². The maximum Gasteiger partial charge on any atom is 0.209 e. The first kappa shape index (κ1) is 15.4. The molecule has 0 aliphatic rings. The Labute approximate surface area is 111 Å². The zero-order chi connectivity index (χ0) is 13.1. The van der Waals surface area contributed by atoms with Crippen LogP contribution in [0.4, 0.5) is 0 Å². The van der Waals surface area contributed by atoms with Gasteiger partial charge in [-0.2, -0.15) is 0 Å². The van der Waals surface area contributed by atoms with Crippen molar-refractivity contribution in [3.05, 3.63) is 0 Å². The van der Waals surface area contributed by atoms with E-state index in [-0.39, 0.29) is 6.61 Å². The van der Waals surface area contributed by atoms with Crippen LogP contribution in [0.15, 0.2) is 5.16 Å². The lowest BCUT2D eigenvalue weighted by atomic mass is 10.5. The van der Waals surface area contributed by atoms with Gasteiger partial charge in [-0.25, -0.2) is 4.68 Å². The van der Waals surface area contributed by atoms with Crippen molar-refractivity contribution in [2.45, 2.75) is 25.0 Å². The Morgan fingerprint density at radius 1 is 1.39 bits per heavy atom. The Hall–Kier alpha value is -0.700. The summed E-state index contributed by atoms with van der Waals surface area (Å²) < 4.78 is 6.96. The molecule has 18 heavy (non-hydrogen) atoms. The number of aliphatic hydroxyl groups is 1. The number of rotatable bonds is 11. The van der Waals surface area contributed by atoms with E-state index in [0.29, 0.717) is 13.2 Å². The van der Waals surface area contributed by atoms with Crippen LogP contribution in [0.5, 0.6) is 0 Å². The summed E-state index contributed by atoms with van der Waals surface area (Å²) in [5, 5.41) is 24.2. The molecular formula is C10H21N5O2S. The highest BCUT2D eigenvalue weighted by molar-refractivity contribution is 7.99. The molecule has 1 aromatic rings. The van der Waals surface area contributed by atoms with Crippen LogP contribution in [-0.4, -0.2) is 64.0 Å². The molecule has 0 saturated heterocycles. The van der Waals surface area contributed by atoms with E-state index < -0.39 is 0 Å². The number of nitrogens with one attached hydrogen (secondary N) is 1. The van der Waals surface area contributed by atoms with Crippen LogP contribution < -0.4 is 5.32 Å². The second kappa shape index (κ2) is 10.2. The van der Waals surface area contributed by atoms with Crippen molar-refractivity contribution >= 4 is 11.8 Å². The zero-order valence-electron chi connectivity index (χ0n) is 10.7. The fourth-order valence-corrected chi connectivity index (χ4v) is 2.04. The fraction of sp³-hybridized carbons (Fsp3) is 0.900. The van der Waals surface area contributed by atoms with E-state index in [1.807, 2.05) is 0 Å². The van der Waals surface area contributed by atoms with Crippen LogP contribution in [-0.2, 0) is 11.3 Å². The summed E-state index contributed by atoms with van der Waals surface area (Å²) in [4.78, 5) is 0. The lowest BCUT2D eigenvalue weighted by Crippen LogP contribution is -2.21. The maximum atomic E-state index is 8.56. The van der Waals surface area contributed by atoms with Crippen molar-refractivity contribution in [1.82, 2.24) is 25.5 Å². The monoisotopic (exact) mass is 275 g/mol. The molecule has 0 unspecified atom stereocenters. The Bertz CT molecular complexity index is 310. The molecule has 2 N–H and O–H groups in total. The number of hydrogen-bond acceptors (Lipinski definition) is 7. The lowest BCUT2D eigenvalue weighted by molar-refractivity contribution is 0.103. The van der Waals surface area contributed by atoms with E-state index in [2.05, 4.69) is 27.8 Å². The molecule has 104 valence electrons. The van der Waals surface area contributed by atoms with E-state index in [9.17, 15) is 0 Å². The van der Waals surface area contributed by atoms with Crippen LogP contribution in [0.25, 0.3) is 0 Å². The molecule has 0 atom stereocenters. The zero-order valence-corrected chi connectivity index (χ0v) is 11.5. The van der Waals surface area contributed by atoms with Crippen molar-refractivity contribution in [3.63, 3.8) is 0 Å². The van der Waals surface area contributed by atoms with E-state index in [4.69, 9.17) is 9.84 Å². The predicted molar refractivity (Wildman–Crippen MR) is 69.6 cm³/mol. The summed E-state index contributed by atoms with van der Waals surface area (Å²) in [6.45, 7) is 5.82. The van der Waals surface area contributed by atoms with Crippen LogP contribution >= 0.6 is 11.8 Å². The van der Waals surface area contributed by atoms with E-state index in [1.54, 1.807) is 16.4 Å². The van der Waals surface area contributed by atoms with Crippen LogP contribution in [0, 0.1) is 0 Å². The molecule has 0 amide bonds. The molecule has 1 heterocycles. The van der Waals surface area contributed by atoms with Gasteiger partial charge in [0.05, 0.1) is 26.4 Å². The molecule has 0 radical (unpaired) electrons. The summed E-state index contributed by atoms with van der Waals surface area (Å²) in [6, 6.07) is 0. The third kappa shape index (κ3) is 6.29. The van der Waals surface area contributed by atoms with Gasteiger partial charge in [-0.15, -0.1) is 5.10 Å². The largest absolute Gasteiger partial charge is 0.394 e. The van der Waals surface area contributed by atoms with Crippen molar-refractivity contribution in [2.75, 3.05) is 38.7 Å². The number of aliphatic hydroxyl groups excluding tert-OH is 1. The Balaban J connectivity index is 2.18. The average molecular weight is 275 g/mol. The number of thioether (sulfide) groups is 1. The van der Waals surface area contributed by atoms with Crippen LogP contribution in [0.2, 0.25) is 0 Å². The van der Waals surface area contributed by atoms with Crippen LogP contribution in [0.3, 0.4) is 0 Å². The summed E-state index contributed by atoms with van der Waals surface area (Å²) in [6.07, 6.45) is 1.12. The summed E-state index contributed by atoms with van der Waals surface area (Å²) in [7, 11) is 0. The Morgan fingerprint density at radius 2 is 2.28 bits per heavy atom. The van der Waals surface area contributed by atoms with Crippen molar-refractivity contribution in [3.8, 4) is 0 Å². The summed E-state index contributed by atoms with van der Waals surface area (Å²) in [5.74, 6) is 0.781. The third-order valence-corrected chi connectivity index (χ3v) is 3.04. The minimum absolute atomic E-state index is 0.0610. The highest BCUT2D eigenvalue weighted by Gasteiger charge is 2.05. The second-order valence-corrected chi connectivity index (χ2v) is 4.68. The highest BCUT2D eigenvalue weighted by atomic mass is 32.2. The highest BCUT2D eigenvalue weighted by Crippen LogP contribution is 2.12. The normalized spacial score (nSPS) is 11.0. The number of nitrogens with zero attached hydrogens (tertiary/aromatic N) is 4. The number of ether oxygens (including phenoxy) is 1. The predicted octanol–water partition coefficient (Wildman–Crippen LogP) is -0.226. The van der Waals surface area contributed by atoms with Crippen molar-refractivity contribution in [2.24, 2.45) is 0 Å². The fourth-order valence-electron chi connectivity index (χ4n) is 1.29. The maximum absolute atomic E-state index is 8.56. The Kier molecular flexibility index (Phi) is 8.74. The first-order chi connectivity index (χ1) is 8.88. The molecule has 7 nitrogen and oxygen atoms in total. The third-order valence-electron chi connectivity index (χ3n) is 2.12. The number of tetrazole rings is 1. The SMILES string of the molecule is CCCNCCn1nnnc1SCCOCCO. The minimum Gasteiger partial charge on any atom is -0.394 e. The van der Waals surface area contributed by atoms with Gasteiger partial charge in [0.25, 0.3) is 0 Å². The van der Waals surface area contributed by atoms with Gasteiger partial charge < -0.3 is 15.2 Å². The molecule has 0 bridgehead atoms. The lowest BCUT2D eigenvalue weighted by Gasteiger charge is -2.05. The second-order valence-electron chi connectivity index (χ2n) is 3.62. The molecule has 8 heteroatoms. The smallest absolute Gasteiger partial charge is 0.209 e. The van der Waals surface area contributed by atoms with E-state index in [0.717, 1.165) is 37.0 Å². The topological polar surface area (TPSA) is 85.1 Å². The molecule has 1 rings (SSSR count). The van der Waals surface area contributed by atoms with Gasteiger partial charge >= 0.3 is 0 Å². The minimum atomic E-state index is 0.0610. The molecule has 1 aromatic heterocycles.